The molecule has 0 atom stereocenters. The molecule has 4 nitrogen and oxygen atoms in total. The Bertz CT molecular complexity index is 633. The Morgan fingerprint density at radius 3 is 2.61 bits per heavy atom. The molecule has 124 valence electrons. The zero-order valence-corrected chi connectivity index (χ0v) is 13.7. The molecule has 2 aromatic rings. The van der Waals surface area contributed by atoms with Crippen LogP contribution in [0.1, 0.15) is 18.4 Å². The molecule has 5 heteroatoms. The number of rotatable bonds is 8. The van der Waals surface area contributed by atoms with E-state index in [1.165, 1.54) is 18.2 Å². The van der Waals surface area contributed by atoms with Gasteiger partial charge in [0.1, 0.15) is 11.5 Å². The molecule has 0 fully saturated rings. The van der Waals surface area contributed by atoms with Crippen molar-refractivity contribution < 1.29 is 9.23 Å². The maximum absolute atomic E-state index is 14.3. The SMILES string of the molecule is CON(c1ccc(C)cc1F)c1ccccc1NCCCCN. The molecule has 2 aromatic carbocycles. The molecule has 23 heavy (non-hydrogen) atoms. The lowest BCUT2D eigenvalue weighted by Crippen LogP contribution is -2.18. The summed E-state index contributed by atoms with van der Waals surface area (Å²) in [7, 11) is 1.53. The highest BCUT2D eigenvalue weighted by molar-refractivity contribution is 5.75. The lowest BCUT2D eigenvalue weighted by Gasteiger charge is -2.25. The average molecular weight is 317 g/mol. The van der Waals surface area contributed by atoms with E-state index in [9.17, 15) is 4.39 Å². The summed E-state index contributed by atoms with van der Waals surface area (Å²) in [5, 5.41) is 4.86. The number of benzene rings is 2. The summed E-state index contributed by atoms with van der Waals surface area (Å²) in [6.45, 7) is 3.35. The minimum Gasteiger partial charge on any atom is -0.383 e. The first-order valence-corrected chi connectivity index (χ1v) is 7.80. The highest BCUT2D eigenvalue weighted by Gasteiger charge is 2.16. The first-order valence-electron chi connectivity index (χ1n) is 7.80. The van der Waals surface area contributed by atoms with Gasteiger partial charge in [0, 0.05) is 6.54 Å². The van der Waals surface area contributed by atoms with E-state index in [0.717, 1.165) is 36.3 Å². The minimum absolute atomic E-state index is 0.315. The predicted molar refractivity (Wildman–Crippen MR) is 93.5 cm³/mol. The van der Waals surface area contributed by atoms with Gasteiger partial charge in [0.25, 0.3) is 0 Å². The lowest BCUT2D eigenvalue weighted by atomic mass is 10.2. The van der Waals surface area contributed by atoms with Gasteiger partial charge in [0.2, 0.25) is 0 Å². The number of nitrogens with zero attached hydrogens (tertiary/aromatic N) is 1. The normalized spacial score (nSPS) is 10.6. The van der Waals surface area contributed by atoms with E-state index in [1.54, 1.807) is 6.07 Å². The predicted octanol–water partition coefficient (Wildman–Crippen LogP) is 3.98. The van der Waals surface area contributed by atoms with Crippen LogP contribution >= 0.6 is 0 Å². The van der Waals surface area contributed by atoms with Crippen LogP contribution < -0.4 is 16.1 Å². The van der Waals surface area contributed by atoms with Gasteiger partial charge >= 0.3 is 0 Å². The second-order valence-corrected chi connectivity index (χ2v) is 5.37. The number of hydrogen-bond acceptors (Lipinski definition) is 4. The van der Waals surface area contributed by atoms with Crippen molar-refractivity contribution in [2.24, 2.45) is 5.73 Å². The van der Waals surface area contributed by atoms with E-state index >= 15 is 0 Å². The number of aryl methyl sites for hydroxylation is 1. The number of nitrogens with two attached hydrogens (primary N) is 1. The van der Waals surface area contributed by atoms with Crippen LogP contribution in [0.15, 0.2) is 42.5 Å². The van der Waals surface area contributed by atoms with Crippen LogP contribution in [-0.2, 0) is 4.84 Å². The van der Waals surface area contributed by atoms with Crippen molar-refractivity contribution in [1.82, 2.24) is 0 Å². The van der Waals surface area contributed by atoms with Gasteiger partial charge in [0.15, 0.2) is 0 Å². The molecule has 0 aliphatic rings. The number of nitrogens with one attached hydrogen (secondary N) is 1. The van der Waals surface area contributed by atoms with Gasteiger partial charge in [-0.05, 0) is 56.1 Å². The number of halogens is 1. The Morgan fingerprint density at radius 2 is 1.91 bits per heavy atom. The smallest absolute Gasteiger partial charge is 0.149 e. The van der Waals surface area contributed by atoms with Crippen molar-refractivity contribution >= 4 is 17.1 Å². The van der Waals surface area contributed by atoms with E-state index in [2.05, 4.69) is 5.32 Å². The molecule has 0 saturated carbocycles. The summed E-state index contributed by atoms with van der Waals surface area (Å²) < 4.78 is 14.3. The Balaban J connectivity index is 2.27. The van der Waals surface area contributed by atoms with Crippen molar-refractivity contribution in [1.29, 1.82) is 0 Å². The van der Waals surface area contributed by atoms with E-state index in [-0.39, 0.29) is 5.82 Å². The number of para-hydroxylation sites is 2. The monoisotopic (exact) mass is 317 g/mol. The number of hydrogen-bond donors (Lipinski definition) is 2. The van der Waals surface area contributed by atoms with Crippen molar-refractivity contribution in [3.05, 3.63) is 53.8 Å². The molecule has 0 heterocycles. The molecule has 0 saturated heterocycles. The zero-order chi connectivity index (χ0) is 16.7. The van der Waals surface area contributed by atoms with E-state index in [1.807, 2.05) is 37.3 Å². The van der Waals surface area contributed by atoms with Crippen LogP contribution in [0, 0.1) is 12.7 Å². The van der Waals surface area contributed by atoms with Gasteiger partial charge in [0.05, 0.1) is 18.5 Å². The molecule has 0 aromatic heterocycles. The van der Waals surface area contributed by atoms with Crippen LogP contribution in [0.2, 0.25) is 0 Å². The van der Waals surface area contributed by atoms with Crippen molar-refractivity contribution in [2.75, 3.05) is 30.6 Å². The maximum atomic E-state index is 14.3. The van der Waals surface area contributed by atoms with E-state index < -0.39 is 0 Å². The molecule has 0 aliphatic heterocycles. The lowest BCUT2D eigenvalue weighted by molar-refractivity contribution is 0.199. The third-order valence-corrected chi connectivity index (χ3v) is 3.57. The molecular formula is C18H24FN3O. The van der Waals surface area contributed by atoms with Crippen LogP contribution in [0.4, 0.5) is 21.5 Å². The Labute approximate surface area is 137 Å². The largest absolute Gasteiger partial charge is 0.383 e. The average Bonchev–Trinajstić information content (AvgIpc) is 2.55. The van der Waals surface area contributed by atoms with Crippen LogP contribution in [0.5, 0.6) is 0 Å². The third-order valence-electron chi connectivity index (χ3n) is 3.57. The van der Waals surface area contributed by atoms with Crippen LogP contribution in [0.25, 0.3) is 0 Å². The molecule has 0 amide bonds. The fraction of sp³-hybridized carbons (Fsp3) is 0.333. The van der Waals surface area contributed by atoms with Gasteiger partial charge in [-0.2, -0.15) is 0 Å². The van der Waals surface area contributed by atoms with Crippen molar-refractivity contribution in [3.8, 4) is 0 Å². The second kappa shape index (κ2) is 8.50. The summed E-state index contributed by atoms with van der Waals surface area (Å²) in [4.78, 5) is 5.44. The highest BCUT2D eigenvalue weighted by atomic mass is 19.1. The summed E-state index contributed by atoms with van der Waals surface area (Å²) in [5.74, 6) is -0.315. The summed E-state index contributed by atoms with van der Waals surface area (Å²) in [6.07, 6.45) is 1.95. The molecule has 0 aliphatic carbocycles. The van der Waals surface area contributed by atoms with Crippen LogP contribution in [0.3, 0.4) is 0 Å². The van der Waals surface area contributed by atoms with Gasteiger partial charge in [-0.1, -0.05) is 18.2 Å². The van der Waals surface area contributed by atoms with Gasteiger partial charge < -0.3 is 11.1 Å². The first kappa shape index (κ1) is 17.2. The van der Waals surface area contributed by atoms with Crippen molar-refractivity contribution in [3.63, 3.8) is 0 Å². The molecule has 0 unspecified atom stereocenters. The first-order chi connectivity index (χ1) is 11.2. The minimum atomic E-state index is -0.315. The zero-order valence-electron chi connectivity index (χ0n) is 13.7. The number of unbranched alkanes of at least 4 members (excludes halogenated alkanes) is 1. The van der Waals surface area contributed by atoms with Gasteiger partial charge in [-0.15, -0.1) is 0 Å². The van der Waals surface area contributed by atoms with Gasteiger partial charge in [-0.25, -0.2) is 9.45 Å². The molecular weight excluding hydrogens is 293 g/mol. The van der Waals surface area contributed by atoms with Crippen LogP contribution in [-0.4, -0.2) is 20.2 Å². The molecule has 0 bridgehead atoms. The second-order valence-electron chi connectivity index (χ2n) is 5.37. The molecule has 3 N–H and O–H groups in total. The Hall–Kier alpha value is -2.11. The highest BCUT2D eigenvalue weighted by Crippen LogP contribution is 2.33. The number of anilines is 3. The fourth-order valence-electron chi connectivity index (χ4n) is 2.40. The van der Waals surface area contributed by atoms with Gasteiger partial charge in [-0.3, -0.25) is 4.84 Å². The molecule has 0 radical (unpaired) electrons. The maximum Gasteiger partial charge on any atom is 0.149 e. The Kier molecular flexibility index (Phi) is 6.38. The van der Waals surface area contributed by atoms with E-state index in [4.69, 9.17) is 10.6 Å². The van der Waals surface area contributed by atoms with E-state index in [0.29, 0.717) is 12.2 Å². The topological polar surface area (TPSA) is 50.5 Å². The fourth-order valence-corrected chi connectivity index (χ4v) is 2.40. The standard InChI is InChI=1S/C18H24FN3O/c1-14-9-10-17(15(19)13-14)22(23-2)18-8-4-3-7-16(18)21-12-6-5-11-20/h3-4,7-10,13,21H,5-6,11-12,20H2,1-2H3. The molecule has 2 rings (SSSR count). The summed E-state index contributed by atoms with van der Waals surface area (Å²) >= 11 is 0. The summed E-state index contributed by atoms with van der Waals surface area (Å²) in [5.41, 5.74) is 8.43. The molecule has 0 spiro atoms. The van der Waals surface area contributed by atoms with Crippen molar-refractivity contribution in [2.45, 2.75) is 19.8 Å². The quantitative estimate of drug-likeness (QED) is 0.571. The summed E-state index contributed by atoms with van der Waals surface area (Å²) in [6, 6.07) is 12.8. The Morgan fingerprint density at radius 1 is 1.13 bits per heavy atom. The third kappa shape index (κ3) is 4.43.